The van der Waals surface area contributed by atoms with E-state index in [4.69, 9.17) is 78.4 Å². The smallest absolute Gasteiger partial charge is 0.756 e. The number of allylic oxidation sites excluding steroid dienone is 6. The molecular weight excluding hydrogens is 1300 g/mol. The molecule has 2 fully saturated rings. The second-order valence-corrected chi connectivity index (χ2v) is 28.8. The van der Waals surface area contributed by atoms with E-state index < -0.39 is 149 Å². The molecule has 0 aliphatic carbocycles. The summed E-state index contributed by atoms with van der Waals surface area (Å²) in [7, 11) is -5.32. The van der Waals surface area contributed by atoms with Crippen LogP contribution in [0.4, 0.5) is 0 Å². The summed E-state index contributed by atoms with van der Waals surface area (Å²) < 4.78 is 31.9. The average molecular weight is 1390 g/mol. The zero-order valence-electron chi connectivity index (χ0n) is 55.8. The number of aryl methyl sites for hydroxylation is 2. The number of imidazole rings is 1. The Labute approximate surface area is 562 Å². The van der Waals surface area contributed by atoms with Crippen LogP contribution in [0.1, 0.15) is 157 Å². The molecule has 2 saturated heterocycles. The van der Waals surface area contributed by atoms with E-state index >= 15 is 0 Å². The van der Waals surface area contributed by atoms with Crippen molar-refractivity contribution in [3.63, 3.8) is 0 Å². The number of aliphatic hydroxyl groups is 2. The molecule has 31 heteroatoms. The van der Waals surface area contributed by atoms with E-state index in [0.29, 0.717) is 56.4 Å². The van der Waals surface area contributed by atoms with Gasteiger partial charge in [0.05, 0.1) is 41.3 Å². The fourth-order valence-corrected chi connectivity index (χ4v) is 16.4. The second kappa shape index (κ2) is 29.4. The van der Waals surface area contributed by atoms with E-state index in [-0.39, 0.29) is 94.0 Å². The number of aliphatic carboxylic acids is 1. The summed E-state index contributed by atoms with van der Waals surface area (Å²) in [6, 6.07) is 2.65. The number of aromatic nitrogens is 2. The number of hydrogen-bond acceptors (Lipinski definition) is 20. The molecule has 15 unspecified atom stereocenters. The van der Waals surface area contributed by atoms with Crippen LogP contribution in [0, 0.1) is 59.2 Å². The van der Waals surface area contributed by atoms with Crippen molar-refractivity contribution in [1.29, 1.82) is 0 Å². The molecule has 15 atom stereocenters. The fraction of sp³-hybridized carbons (Fsp3) is 0.625. The summed E-state index contributed by atoms with van der Waals surface area (Å²) in [6.45, 7) is 19.9. The first kappa shape index (κ1) is 77.0. The monoisotopic (exact) mass is 1390 g/mol. The number of carbonyl (C=O) groups excluding carboxylic acids is 8. The zero-order chi connectivity index (χ0) is 70.3. The van der Waals surface area contributed by atoms with E-state index in [0.717, 1.165) is 18.1 Å². The SMILES string of the molecule is C/C1=C2N=C(/C=C3N=C(/C(C)=C4\[N-]C(C(CC(N)=O)C4(C)CCC(=O)NCC(C)OP(=O)([O-])OC4C(CO)OC(n5cnc6cc(C)c(C)cc65)C4O)C4(C)N=C1C(CCC(N)=O)C4(C)CC(N)=O)C(CCC(N)=O)C\3(C)C)C(CCC(N)=O)C/2(C)CC(N)=O.CC(=O)[O-].[Co+3]. The van der Waals surface area contributed by atoms with Crippen LogP contribution < -0.4 is 49.7 Å². The maximum atomic E-state index is 14.4. The van der Waals surface area contributed by atoms with Crippen molar-refractivity contribution in [2.24, 2.45) is 94.7 Å². The number of fused-ring (bicyclic) bond motifs is 7. The van der Waals surface area contributed by atoms with E-state index in [1.54, 1.807) is 6.92 Å². The van der Waals surface area contributed by atoms with Gasteiger partial charge in [0.2, 0.25) is 41.4 Å². The summed E-state index contributed by atoms with van der Waals surface area (Å²) in [5, 5.41) is 39.0. The van der Waals surface area contributed by atoms with Gasteiger partial charge in [-0.1, -0.05) is 40.7 Å². The predicted molar refractivity (Wildman–Crippen MR) is 342 cm³/mol. The van der Waals surface area contributed by atoms with Gasteiger partial charge < -0.3 is 88.4 Å². The first-order valence-electron chi connectivity index (χ1n) is 31.4. The minimum absolute atomic E-state index is 0. The van der Waals surface area contributed by atoms with Crippen LogP contribution in [-0.4, -0.2) is 133 Å². The third kappa shape index (κ3) is 15.7. The van der Waals surface area contributed by atoms with Crippen LogP contribution in [0.25, 0.3) is 16.4 Å². The van der Waals surface area contributed by atoms with Gasteiger partial charge in [0.1, 0.15) is 18.3 Å². The molecule has 95 heavy (non-hydrogen) atoms. The molecule has 6 aliphatic rings. The summed E-state index contributed by atoms with van der Waals surface area (Å²) >= 11 is 0. The molecule has 0 spiro atoms. The van der Waals surface area contributed by atoms with Gasteiger partial charge in [0, 0.05) is 114 Å². The maximum absolute atomic E-state index is 14.4. The first-order chi connectivity index (χ1) is 43.6. The number of ether oxygens (including phenoxy) is 1. The molecule has 6 aliphatic heterocycles. The van der Waals surface area contributed by atoms with E-state index in [9.17, 15) is 53.2 Å². The van der Waals surface area contributed by atoms with E-state index in [1.165, 1.54) is 17.8 Å². The molecule has 0 radical (unpaired) electrons. The number of nitrogens with zero attached hydrogens (tertiary/aromatic N) is 6. The van der Waals surface area contributed by atoms with Crippen LogP contribution in [0.3, 0.4) is 0 Å². The Balaban J connectivity index is 0.00000278. The minimum Gasteiger partial charge on any atom is -0.756 e. The molecule has 2 aromatic rings. The van der Waals surface area contributed by atoms with Gasteiger partial charge in [-0.2, -0.15) is 5.70 Å². The molecule has 7 amide bonds. The number of benzene rings is 1. The number of phosphoric acid groups is 1. The van der Waals surface area contributed by atoms with Gasteiger partial charge in [-0.3, -0.25) is 53.1 Å². The number of phosphoric ester groups is 1. The van der Waals surface area contributed by atoms with Gasteiger partial charge in [0.25, 0.3) is 7.82 Å². The van der Waals surface area contributed by atoms with Crippen molar-refractivity contribution in [3.8, 4) is 0 Å². The Kier molecular flexibility index (Phi) is 23.8. The summed E-state index contributed by atoms with van der Waals surface area (Å²) in [6.07, 6.45) is -4.79. The van der Waals surface area contributed by atoms with Crippen molar-refractivity contribution >= 4 is 83.3 Å². The van der Waals surface area contributed by atoms with Crippen LogP contribution in [0.2, 0.25) is 0 Å². The molecular formula is C64H91CoN13O16P. The van der Waals surface area contributed by atoms with Gasteiger partial charge in [-0.25, -0.2) is 4.98 Å². The van der Waals surface area contributed by atoms with Crippen molar-refractivity contribution in [1.82, 2.24) is 14.9 Å². The summed E-state index contributed by atoms with van der Waals surface area (Å²) in [4.78, 5) is 137. The number of carbonyl (C=O) groups is 8. The molecule has 0 saturated carbocycles. The Morgan fingerprint density at radius 1 is 0.789 bits per heavy atom. The third-order valence-electron chi connectivity index (χ3n) is 20.5. The standard InChI is InChI=1S/C62H90N13O14P.C2H4O2.Co/c1-29-20-39-40(21-30(29)2)75(28-70-39)57-52(84)53(41(27-76)87-57)89-90(85,86)88-31(3)26-69-49(83)18-19-59(8)37(22-46(66)80)56-62(11)61(10,25-48(68)82)36(14-17-45(65)79)51(74-62)33(5)55-60(9,24-47(67)81)34(12-15-43(63)77)38(71-55)23-42-58(6,7)35(13-16-44(64)78)50(72-42)32(4)54(59)73-56;1-2(3)4;/h20-21,23,28,31,34-37,41,52-53,56-57,76,84H,12-19,22,24-27H2,1-11H3,(H15,63,64,65,66,67,68,69,71,72,73,74,77,78,79,80,81,82,83,85,86);1H3,(H,3,4);/q;;+3/p-3. The number of aliphatic imine (C=N–C) groups is 3. The number of nitrogens with two attached hydrogens (primary N) is 6. The largest absolute Gasteiger partial charge is 3.00 e. The van der Waals surface area contributed by atoms with Gasteiger partial charge >= 0.3 is 16.8 Å². The summed E-state index contributed by atoms with van der Waals surface area (Å²) in [5.74, 6) is -8.49. The fourth-order valence-electron chi connectivity index (χ4n) is 15.3. The van der Waals surface area contributed by atoms with Crippen molar-refractivity contribution in [2.75, 3.05) is 13.2 Å². The molecule has 8 rings (SSSR count). The maximum Gasteiger partial charge on any atom is 3.00 e. The average Bonchev–Trinajstić information content (AvgIpc) is 1.53. The van der Waals surface area contributed by atoms with Gasteiger partial charge in [0.15, 0.2) is 6.23 Å². The molecule has 15 N–H and O–H groups in total. The molecule has 7 heterocycles. The zero-order valence-corrected chi connectivity index (χ0v) is 57.7. The Hall–Kier alpha value is -7.02. The number of hydrogen-bond donors (Lipinski definition) is 9. The number of carboxylic acid groups (broad SMARTS) is 1. The number of amides is 7. The topological polar surface area (TPSA) is 505 Å². The van der Waals surface area contributed by atoms with E-state index in [2.05, 4.69) is 10.3 Å². The van der Waals surface area contributed by atoms with Crippen LogP contribution in [0.5, 0.6) is 0 Å². The molecule has 1 aromatic carbocycles. The third-order valence-corrected chi connectivity index (χ3v) is 21.6. The summed E-state index contributed by atoms with van der Waals surface area (Å²) in [5.41, 5.74) is 36.7. The molecule has 29 nitrogen and oxygen atoms in total. The van der Waals surface area contributed by atoms with Gasteiger partial charge in [-0.15, -0.1) is 0 Å². The Morgan fingerprint density at radius 3 is 1.92 bits per heavy atom. The van der Waals surface area contributed by atoms with Crippen LogP contribution in [-0.2, 0) is 73.5 Å². The second-order valence-electron chi connectivity index (χ2n) is 27.5. The number of primary amides is 6. The van der Waals surface area contributed by atoms with E-state index in [1.807, 2.05) is 80.5 Å². The normalized spacial score (nSPS) is 32.7. The number of nitrogens with one attached hydrogen (secondary N) is 1. The van der Waals surface area contributed by atoms with Crippen LogP contribution in [0.15, 0.2) is 67.8 Å². The Bertz CT molecular complexity index is 3650. The number of rotatable bonds is 26. The minimum atomic E-state index is -5.32. The Morgan fingerprint density at radius 2 is 1.36 bits per heavy atom. The predicted octanol–water partition coefficient (Wildman–Crippen LogP) is 2.07. The molecule has 8 bridgehead atoms. The quantitative estimate of drug-likeness (QED) is 0.0609. The van der Waals surface area contributed by atoms with Crippen molar-refractivity contribution in [3.05, 3.63) is 69.2 Å². The van der Waals surface area contributed by atoms with Crippen LogP contribution >= 0.6 is 7.82 Å². The first-order valence-corrected chi connectivity index (χ1v) is 32.9. The van der Waals surface area contributed by atoms with Gasteiger partial charge in [-0.05, 0) is 126 Å². The van der Waals surface area contributed by atoms with Crippen molar-refractivity contribution in [2.45, 2.75) is 196 Å². The molecule has 1 aromatic heterocycles. The number of carboxylic acids is 1. The van der Waals surface area contributed by atoms with Crippen molar-refractivity contribution < 1.29 is 93.7 Å². The molecule has 522 valence electrons. The number of aliphatic hydroxyl groups excluding tert-OH is 2.